The van der Waals surface area contributed by atoms with Crippen molar-refractivity contribution in [1.29, 1.82) is 0 Å². The summed E-state index contributed by atoms with van der Waals surface area (Å²) in [4.78, 5) is 6.42. The van der Waals surface area contributed by atoms with Gasteiger partial charge >= 0.3 is 0 Å². The molecule has 1 aromatic carbocycles. The number of rotatable bonds is 4. The van der Waals surface area contributed by atoms with Crippen LogP contribution in [-0.2, 0) is 11.3 Å². The number of benzene rings is 1. The van der Waals surface area contributed by atoms with Gasteiger partial charge in [-0.2, -0.15) is 0 Å². The van der Waals surface area contributed by atoms with Crippen molar-refractivity contribution in [2.75, 3.05) is 25.1 Å². The molecule has 0 aliphatic carbocycles. The molecule has 1 atom stereocenters. The van der Waals surface area contributed by atoms with E-state index in [9.17, 15) is 0 Å². The van der Waals surface area contributed by atoms with Crippen LogP contribution in [0.4, 0.5) is 5.69 Å². The van der Waals surface area contributed by atoms with Gasteiger partial charge < -0.3 is 14.4 Å². The lowest BCUT2D eigenvalue weighted by Crippen LogP contribution is -2.40. The average Bonchev–Trinajstić information content (AvgIpc) is 2.48. The van der Waals surface area contributed by atoms with E-state index in [0.717, 1.165) is 12.2 Å². The van der Waals surface area contributed by atoms with E-state index in [4.69, 9.17) is 9.47 Å². The Labute approximate surface area is 119 Å². The lowest BCUT2D eigenvalue weighted by atomic mass is 10.2. The van der Waals surface area contributed by atoms with Crippen molar-refractivity contribution in [2.45, 2.75) is 12.7 Å². The zero-order valence-electron chi connectivity index (χ0n) is 11.5. The van der Waals surface area contributed by atoms with E-state index in [1.807, 2.05) is 37.4 Å². The Balaban J connectivity index is 1.55. The number of likely N-dealkylation sites (N-methyl/N-ethyl adjacent to an activating group) is 1. The van der Waals surface area contributed by atoms with Crippen LogP contribution in [0.3, 0.4) is 0 Å². The van der Waals surface area contributed by atoms with E-state index in [0.29, 0.717) is 19.1 Å². The zero-order valence-corrected chi connectivity index (χ0v) is 11.5. The van der Waals surface area contributed by atoms with Gasteiger partial charge in [-0.25, -0.2) is 4.98 Å². The van der Waals surface area contributed by atoms with Gasteiger partial charge in [0.15, 0.2) is 0 Å². The van der Waals surface area contributed by atoms with E-state index in [2.05, 4.69) is 22.0 Å². The predicted molar refractivity (Wildman–Crippen MR) is 78.0 cm³/mol. The molecule has 0 N–H and O–H groups in total. The number of anilines is 1. The number of pyridine rings is 1. The SMILES string of the molecule is CN1CC(COCc2ccccc2)Oc2ncccc21. The molecule has 0 fully saturated rings. The molecule has 2 aromatic rings. The van der Waals surface area contributed by atoms with Crippen LogP contribution in [-0.4, -0.2) is 31.3 Å². The smallest absolute Gasteiger partial charge is 0.237 e. The van der Waals surface area contributed by atoms with Crippen molar-refractivity contribution in [3.8, 4) is 5.88 Å². The van der Waals surface area contributed by atoms with E-state index in [-0.39, 0.29) is 6.10 Å². The van der Waals surface area contributed by atoms with Crippen molar-refractivity contribution in [2.24, 2.45) is 0 Å². The summed E-state index contributed by atoms with van der Waals surface area (Å²) in [5.41, 5.74) is 2.21. The maximum absolute atomic E-state index is 5.86. The van der Waals surface area contributed by atoms with Gasteiger partial charge in [-0.05, 0) is 17.7 Å². The molecule has 2 heterocycles. The van der Waals surface area contributed by atoms with E-state index in [1.165, 1.54) is 5.56 Å². The number of fused-ring (bicyclic) bond motifs is 1. The molecule has 0 saturated heterocycles. The molecule has 20 heavy (non-hydrogen) atoms. The van der Waals surface area contributed by atoms with Crippen LogP contribution in [0, 0.1) is 0 Å². The van der Waals surface area contributed by atoms with Crippen LogP contribution < -0.4 is 9.64 Å². The minimum absolute atomic E-state index is 0.0195. The second-order valence-corrected chi connectivity index (χ2v) is 4.95. The average molecular weight is 270 g/mol. The molecule has 0 radical (unpaired) electrons. The third kappa shape index (κ3) is 2.91. The highest BCUT2D eigenvalue weighted by Gasteiger charge is 2.24. The molecule has 4 heteroatoms. The highest BCUT2D eigenvalue weighted by Crippen LogP contribution is 2.29. The summed E-state index contributed by atoms with van der Waals surface area (Å²) in [5.74, 6) is 0.689. The van der Waals surface area contributed by atoms with Gasteiger partial charge in [0.25, 0.3) is 0 Å². The second kappa shape index (κ2) is 5.92. The van der Waals surface area contributed by atoms with Gasteiger partial charge in [0.2, 0.25) is 5.88 Å². The first-order chi connectivity index (χ1) is 9.83. The van der Waals surface area contributed by atoms with Crippen LogP contribution >= 0.6 is 0 Å². The molecule has 3 rings (SSSR count). The maximum Gasteiger partial charge on any atom is 0.237 e. The maximum atomic E-state index is 5.86. The van der Waals surface area contributed by atoms with Gasteiger partial charge in [-0.15, -0.1) is 0 Å². The highest BCUT2D eigenvalue weighted by molar-refractivity contribution is 5.55. The van der Waals surface area contributed by atoms with Gasteiger partial charge in [0.1, 0.15) is 6.10 Å². The first kappa shape index (κ1) is 12.9. The van der Waals surface area contributed by atoms with E-state index < -0.39 is 0 Å². The highest BCUT2D eigenvalue weighted by atomic mass is 16.5. The van der Waals surface area contributed by atoms with Crippen LogP contribution in [0.25, 0.3) is 0 Å². The summed E-state index contributed by atoms with van der Waals surface area (Å²) in [5, 5.41) is 0. The third-order valence-electron chi connectivity index (χ3n) is 3.33. The molecule has 104 valence electrons. The number of nitrogens with zero attached hydrogens (tertiary/aromatic N) is 2. The lowest BCUT2D eigenvalue weighted by molar-refractivity contribution is 0.0387. The molecule has 1 aromatic heterocycles. The number of ether oxygens (including phenoxy) is 2. The summed E-state index contributed by atoms with van der Waals surface area (Å²) in [7, 11) is 2.05. The predicted octanol–water partition coefficient (Wildman–Crippen LogP) is 2.50. The topological polar surface area (TPSA) is 34.6 Å². The van der Waals surface area contributed by atoms with Crippen LogP contribution in [0.5, 0.6) is 5.88 Å². The van der Waals surface area contributed by atoms with Gasteiger partial charge in [0, 0.05) is 13.2 Å². The Bertz CT molecular complexity index is 559. The Morgan fingerprint density at radius 3 is 2.95 bits per heavy atom. The molecular weight excluding hydrogens is 252 g/mol. The van der Waals surface area contributed by atoms with Crippen molar-refractivity contribution in [1.82, 2.24) is 4.98 Å². The number of hydrogen-bond donors (Lipinski definition) is 0. The lowest BCUT2D eigenvalue weighted by Gasteiger charge is -2.32. The van der Waals surface area contributed by atoms with Crippen molar-refractivity contribution < 1.29 is 9.47 Å². The third-order valence-corrected chi connectivity index (χ3v) is 3.33. The van der Waals surface area contributed by atoms with E-state index >= 15 is 0 Å². The van der Waals surface area contributed by atoms with Crippen molar-refractivity contribution in [3.05, 3.63) is 54.2 Å². The molecule has 0 bridgehead atoms. The standard InChI is InChI=1S/C16H18N2O2/c1-18-10-14(20-16-15(18)8-5-9-17-16)12-19-11-13-6-3-2-4-7-13/h2-9,14H,10-12H2,1H3. The minimum atomic E-state index is 0.0195. The Kier molecular flexibility index (Phi) is 3.83. The summed E-state index contributed by atoms with van der Waals surface area (Å²) >= 11 is 0. The Morgan fingerprint density at radius 1 is 1.25 bits per heavy atom. The normalized spacial score (nSPS) is 17.4. The van der Waals surface area contributed by atoms with E-state index in [1.54, 1.807) is 6.20 Å². The van der Waals surface area contributed by atoms with Crippen LogP contribution in [0.2, 0.25) is 0 Å². The van der Waals surface area contributed by atoms with Crippen LogP contribution in [0.1, 0.15) is 5.56 Å². The second-order valence-electron chi connectivity index (χ2n) is 4.95. The fourth-order valence-corrected chi connectivity index (χ4v) is 2.33. The van der Waals surface area contributed by atoms with Gasteiger partial charge in [0.05, 0.1) is 25.4 Å². The quantitative estimate of drug-likeness (QED) is 0.855. The minimum Gasteiger partial charge on any atom is -0.469 e. The summed E-state index contributed by atoms with van der Waals surface area (Å²) in [6, 6.07) is 14.1. The fourth-order valence-electron chi connectivity index (χ4n) is 2.33. The molecule has 0 saturated carbocycles. The van der Waals surface area contributed by atoms with Gasteiger partial charge in [-0.1, -0.05) is 30.3 Å². The van der Waals surface area contributed by atoms with Crippen molar-refractivity contribution in [3.63, 3.8) is 0 Å². The first-order valence-electron chi connectivity index (χ1n) is 6.77. The molecular formula is C16H18N2O2. The molecule has 1 aliphatic rings. The zero-order chi connectivity index (χ0) is 13.8. The molecule has 1 aliphatic heterocycles. The van der Waals surface area contributed by atoms with Crippen LogP contribution in [0.15, 0.2) is 48.7 Å². The molecule has 0 amide bonds. The molecule has 1 unspecified atom stereocenters. The monoisotopic (exact) mass is 270 g/mol. The summed E-state index contributed by atoms with van der Waals surface area (Å²) in [6.07, 6.45) is 1.77. The summed E-state index contributed by atoms with van der Waals surface area (Å²) < 4.78 is 11.6. The van der Waals surface area contributed by atoms with Crippen molar-refractivity contribution >= 4 is 5.69 Å². The molecule has 0 spiro atoms. The summed E-state index contributed by atoms with van der Waals surface area (Å²) in [6.45, 7) is 1.99. The Hall–Kier alpha value is -2.07. The van der Waals surface area contributed by atoms with Gasteiger partial charge in [-0.3, -0.25) is 0 Å². The first-order valence-corrected chi connectivity index (χ1v) is 6.77. The largest absolute Gasteiger partial charge is 0.469 e. The Morgan fingerprint density at radius 2 is 2.10 bits per heavy atom. The fraction of sp³-hybridized carbons (Fsp3) is 0.312. The molecule has 4 nitrogen and oxygen atoms in total. The number of hydrogen-bond acceptors (Lipinski definition) is 4. The number of aromatic nitrogens is 1.